The molecule has 0 radical (unpaired) electrons. The summed E-state index contributed by atoms with van der Waals surface area (Å²) in [6.07, 6.45) is 5.18. The summed E-state index contributed by atoms with van der Waals surface area (Å²) in [6.45, 7) is 6.76. The molecule has 2 heteroatoms. The van der Waals surface area contributed by atoms with Gasteiger partial charge < -0.3 is 11.1 Å². The van der Waals surface area contributed by atoms with Gasteiger partial charge in [-0.1, -0.05) is 20.8 Å². The topological polar surface area (TPSA) is 38.0 Å². The first-order valence-electron chi connectivity index (χ1n) is 5.88. The van der Waals surface area contributed by atoms with Gasteiger partial charge in [0, 0.05) is 12.1 Å². The van der Waals surface area contributed by atoms with Gasteiger partial charge >= 0.3 is 0 Å². The molecule has 0 heterocycles. The van der Waals surface area contributed by atoms with Crippen molar-refractivity contribution in [1.82, 2.24) is 5.32 Å². The number of hydrogen-bond donors (Lipinski definition) is 2. The molecule has 0 aliphatic heterocycles. The molecule has 0 spiro atoms. The van der Waals surface area contributed by atoms with E-state index in [0.717, 1.165) is 12.0 Å². The Morgan fingerprint density at radius 2 is 1.64 bits per heavy atom. The predicted octanol–water partition coefficient (Wildman–Crippen LogP) is 2.14. The second-order valence-electron chi connectivity index (χ2n) is 5.79. The summed E-state index contributed by atoms with van der Waals surface area (Å²) in [7, 11) is 2.06. The summed E-state index contributed by atoms with van der Waals surface area (Å²) in [5.41, 5.74) is 6.55. The third-order valence-electron chi connectivity index (χ3n) is 3.69. The molecule has 1 unspecified atom stereocenters. The van der Waals surface area contributed by atoms with Crippen molar-refractivity contribution in [1.29, 1.82) is 0 Å². The number of rotatable bonds is 2. The minimum absolute atomic E-state index is 0.261. The summed E-state index contributed by atoms with van der Waals surface area (Å²) in [5, 5.41) is 3.36. The minimum atomic E-state index is 0.261. The molecule has 1 rings (SSSR count). The molecule has 1 saturated carbocycles. The standard InChI is InChI=1S/C12H26N2/c1-12(2,3)11(13)9-5-7-10(14-4)8-6-9/h9-11,14H,5-8,13H2,1-4H3. The Kier molecular flexibility index (Phi) is 3.96. The van der Waals surface area contributed by atoms with Crippen LogP contribution >= 0.6 is 0 Å². The van der Waals surface area contributed by atoms with Gasteiger partial charge in [0.1, 0.15) is 0 Å². The van der Waals surface area contributed by atoms with Crippen molar-refractivity contribution >= 4 is 0 Å². The van der Waals surface area contributed by atoms with Crippen LogP contribution in [-0.2, 0) is 0 Å². The summed E-state index contributed by atoms with van der Waals surface area (Å²) in [6, 6.07) is 1.10. The van der Waals surface area contributed by atoms with Crippen LogP contribution in [0.25, 0.3) is 0 Å². The highest BCUT2D eigenvalue weighted by atomic mass is 14.9. The monoisotopic (exact) mass is 198 g/mol. The van der Waals surface area contributed by atoms with Crippen LogP contribution in [0, 0.1) is 11.3 Å². The number of nitrogens with two attached hydrogens (primary N) is 1. The van der Waals surface area contributed by atoms with Crippen LogP contribution in [0.5, 0.6) is 0 Å². The van der Waals surface area contributed by atoms with Crippen LogP contribution in [0.1, 0.15) is 46.5 Å². The zero-order valence-corrected chi connectivity index (χ0v) is 10.1. The Morgan fingerprint density at radius 3 is 2.00 bits per heavy atom. The molecule has 3 N–H and O–H groups in total. The van der Waals surface area contributed by atoms with Crippen molar-refractivity contribution in [2.75, 3.05) is 7.05 Å². The van der Waals surface area contributed by atoms with Crippen LogP contribution in [0.3, 0.4) is 0 Å². The summed E-state index contributed by atoms with van der Waals surface area (Å²) >= 11 is 0. The first kappa shape index (κ1) is 12.0. The van der Waals surface area contributed by atoms with Crippen molar-refractivity contribution in [3.8, 4) is 0 Å². The fourth-order valence-electron chi connectivity index (χ4n) is 2.47. The Hall–Kier alpha value is -0.0800. The van der Waals surface area contributed by atoms with Gasteiger partial charge in [-0.3, -0.25) is 0 Å². The van der Waals surface area contributed by atoms with E-state index in [-0.39, 0.29) is 5.41 Å². The molecule has 0 aromatic carbocycles. The summed E-state index contributed by atoms with van der Waals surface area (Å²) in [4.78, 5) is 0. The van der Waals surface area contributed by atoms with Gasteiger partial charge in [0.05, 0.1) is 0 Å². The zero-order chi connectivity index (χ0) is 10.8. The second-order valence-corrected chi connectivity index (χ2v) is 5.79. The summed E-state index contributed by atoms with van der Waals surface area (Å²) < 4.78 is 0. The van der Waals surface area contributed by atoms with Crippen LogP contribution in [0.2, 0.25) is 0 Å². The molecular formula is C12H26N2. The van der Waals surface area contributed by atoms with E-state index >= 15 is 0 Å². The molecule has 14 heavy (non-hydrogen) atoms. The maximum Gasteiger partial charge on any atom is 0.0116 e. The van der Waals surface area contributed by atoms with E-state index in [2.05, 4.69) is 33.1 Å². The van der Waals surface area contributed by atoms with Crippen LogP contribution in [0.4, 0.5) is 0 Å². The third kappa shape index (κ3) is 2.96. The minimum Gasteiger partial charge on any atom is -0.327 e. The van der Waals surface area contributed by atoms with E-state index in [9.17, 15) is 0 Å². The SMILES string of the molecule is CNC1CCC(C(N)C(C)(C)C)CC1. The molecule has 0 saturated heterocycles. The van der Waals surface area contributed by atoms with Crippen molar-refractivity contribution in [2.24, 2.45) is 17.1 Å². The lowest BCUT2D eigenvalue weighted by Gasteiger charge is -2.38. The van der Waals surface area contributed by atoms with Gasteiger partial charge in [-0.25, -0.2) is 0 Å². The molecule has 1 aliphatic carbocycles. The Balaban J connectivity index is 2.42. The number of hydrogen-bond acceptors (Lipinski definition) is 2. The van der Waals surface area contributed by atoms with Crippen molar-refractivity contribution in [2.45, 2.75) is 58.5 Å². The average Bonchev–Trinajstić information content (AvgIpc) is 2.15. The molecule has 1 atom stereocenters. The van der Waals surface area contributed by atoms with Gasteiger partial charge in [0.25, 0.3) is 0 Å². The number of nitrogens with one attached hydrogen (secondary N) is 1. The zero-order valence-electron chi connectivity index (χ0n) is 10.1. The van der Waals surface area contributed by atoms with Crippen molar-refractivity contribution < 1.29 is 0 Å². The molecule has 0 amide bonds. The van der Waals surface area contributed by atoms with Crippen molar-refractivity contribution in [3.05, 3.63) is 0 Å². The molecule has 1 aliphatic rings. The Bertz CT molecular complexity index is 164. The lowest BCUT2D eigenvalue weighted by atomic mass is 9.72. The van der Waals surface area contributed by atoms with Gasteiger partial charge in [-0.05, 0) is 44.1 Å². The van der Waals surface area contributed by atoms with Crippen LogP contribution < -0.4 is 11.1 Å². The highest BCUT2D eigenvalue weighted by Crippen LogP contribution is 2.33. The third-order valence-corrected chi connectivity index (χ3v) is 3.69. The van der Waals surface area contributed by atoms with E-state index < -0.39 is 0 Å². The molecular weight excluding hydrogens is 172 g/mol. The molecule has 2 nitrogen and oxygen atoms in total. The maximum atomic E-state index is 6.29. The normalized spacial score (nSPS) is 31.5. The lowest BCUT2D eigenvalue weighted by molar-refractivity contribution is 0.179. The highest BCUT2D eigenvalue weighted by molar-refractivity contribution is 4.88. The molecule has 0 aromatic rings. The van der Waals surface area contributed by atoms with Gasteiger partial charge in [-0.2, -0.15) is 0 Å². The van der Waals surface area contributed by atoms with E-state index in [4.69, 9.17) is 5.73 Å². The Morgan fingerprint density at radius 1 is 1.14 bits per heavy atom. The van der Waals surface area contributed by atoms with Crippen molar-refractivity contribution in [3.63, 3.8) is 0 Å². The molecule has 0 aromatic heterocycles. The molecule has 0 bridgehead atoms. The second kappa shape index (κ2) is 4.63. The molecule has 84 valence electrons. The Labute approximate surface area is 88.6 Å². The van der Waals surface area contributed by atoms with Gasteiger partial charge in [0.15, 0.2) is 0 Å². The van der Waals surface area contributed by atoms with E-state index in [1.807, 2.05) is 0 Å². The van der Waals surface area contributed by atoms with E-state index in [1.54, 1.807) is 0 Å². The quantitative estimate of drug-likeness (QED) is 0.713. The fourth-order valence-corrected chi connectivity index (χ4v) is 2.47. The first-order valence-corrected chi connectivity index (χ1v) is 5.88. The summed E-state index contributed by atoms with van der Waals surface area (Å²) in [5.74, 6) is 0.736. The highest BCUT2D eigenvalue weighted by Gasteiger charge is 2.31. The smallest absolute Gasteiger partial charge is 0.0116 e. The average molecular weight is 198 g/mol. The first-order chi connectivity index (χ1) is 6.45. The fraction of sp³-hybridized carbons (Fsp3) is 1.00. The van der Waals surface area contributed by atoms with E-state index in [0.29, 0.717) is 6.04 Å². The maximum absolute atomic E-state index is 6.29. The van der Waals surface area contributed by atoms with Crippen LogP contribution in [-0.4, -0.2) is 19.1 Å². The van der Waals surface area contributed by atoms with E-state index in [1.165, 1.54) is 25.7 Å². The lowest BCUT2D eigenvalue weighted by Crippen LogP contribution is -2.44. The van der Waals surface area contributed by atoms with Gasteiger partial charge in [-0.15, -0.1) is 0 Å². The van der Waals surface area contributed by atoms with Crippen LogP contribution in [0.15, 0.2) is 0 Å². The van der Waals surface area contributed by atoms with Gasteiger partial charge in [0.2, 0.25) is 0 Å². The largest absolute Gasteiger partial charge is 0.327 e. The predicted molar refractivity (Wildman–Crippen MR) is 62.2 cm³/mol. The molecule has 1 fully saturated rings.